The van der Waals surface area contributed by atoms with E-state index in [1.165, 1.54) is 25.7 Å². The molecule has 2 aliphatic carbocycles. The van der Waals surface area contributed by atoms with Crippen molar-refractivity contribution in [2.24, 2.45) is 17.3 Å². The highest BCUT2D eigenvalue weighted by molar-refractivity contribution is 6.04. The maximum absolute atomic E-state index is 11.8. The molecular formula is C14H23NO3. The third-order valence-corrected chi connectivity index (χ3v) is 4.57. The fraction of sp³-hybridized carbons (Fsp3) is 0.857. The highest BCUT2D eigenvalue weighted by atomic mass is 16.4. The molecule has 0 bridgehead atoms. The smallest absolute Gasteiger partial charge is 0.319 e. The van der Waals surface area contributed by atoms with Crippen LogP contribution in [0.2, 0.25) is 0 Å². The van der Waals surface area contributed by atoms with E-state index in [-0.39, 0.29) is 5.91 Å². The molecule has 2 rings (SSSR count). The van der Waals surface area contributed by atoms with E-state index in [0.717, 1.165) is 12.3 Å². The largest absolute Gasteiger partial charge is 0.480 e. The van der Waals surface area contributed by atoms with Crippen molar-refractivity contribution in [2.75, 3.05) is 6.54 Å². The first kappa shape index (κ1) is 13.4. The summed E-state index contributed by atoms with van der Waals surface area (Å²) in [5.41, 5.74) is -1.08. The predicted molar refractivity (Wildman–Crippen MR) is 68.1 cm³/mol. The lowest BCUT2D eigenvalue weighted by atomic mass is 9.81. The summed E-state index contributed by atoms with van der Waals surface area (Å²) < 4.78 is 0. The van der Waals surface area contributed by atoms with Gasteiger partial charge in [0.15, 0.2) is 0 Å². The van der Waals surface area contributed by atoms with Crippen molar-refractivity contribution in [2.45, 2.75) is 51.9 Å². The third kappa shape index (κ3) is 2.85. The SMILES string of the molecule is CC1CCC(CCNC(=O)C2(C(=O)O)CC2)CC1. The normalized spacial score (nSPS) is 29.6. The van der Waals surface area contributed by atoms with Gasteiger partial charge in [-0.15, -0.1) is 0 Å². The van der Waals surface area contributed by atoms with Gasteiger partial charge in [0.25, 0.3) is 0 Å². The highest BCUT2D eigenvalue weighted by Crippen LogP contribution is 2.46. The molecule has 2 aliphatic rings. The van der Waals surface area contributed by atoms with Crippen molar-refractivity contribution in [3.8, 4) is 0 Å². The van der Waals surface area contributed by atoms with Gasteiger partial charge in [-0.3, -0.25) is 9.59 Å². The van der Waals surface area contributed by atoms with Gasteiger partial charge < -0.3 is 10.4 Å². The number of carboxylic acids is 1. The number of amides is 1. The lowest BCUT2D eigenvalue weighted by molar-refractivity contribution is -0.149. The summed E-state index contributed by atoms with van der Waals surface area (Å²) in [6.07, 6.45) is 7.07. The van der Waals surface area contributed by atoms with Gasteiger partial charge in [0, 0.05) is 6.54 Å². The fourth-order valence-corrected chi connectivity index (χ4v) is 2.84. The van der Waals surface area contributed by atoms with Crippen LogP contribution in [0.15, 0.2) is 0 Å². The van der Waals surface area contributed by atoms with Gasteiger partial charge in [-0.2, -0.15) is 0 Å². The Morgan fingerprint density at radius 2 is 1.83 bits per heavy atom. The molecule has 0 heterocycles. The van der Waals surface area contributed by atoms with Gasteiger partial charge >= 0.3 is 5.97 Å². The minimum atomic E-state index is -1.08. The van der Waals surface area contributed by atoms with Crippen molar-refractivity contribution < 1.29 is 14.7 Å². The van der Waals surface area contributed by atoms with Gasteiger partial charge in [-0.1, -0.05) is 32.6 Å². The second-order valence-corrected chi connectivity index (χ2v) is 6.06. The lowest BCUT2D eigenvalue weighted by Gasteiger charge is -2.26. The average Bonchev–Trinajstić information content (AvgIpc) is 3.13. The Hall–Kier alpha value is -1.06. The van der Waals surface area contributed by atoms with Crippen LogP contribution < -0.4 is 5.32 Å². The van der Waals surface area contributed by atoms with E-state index in [0.29, 0.717) is 25.3 Å². The third-order valence-electron chi connectivity index (χ3n) is 4.57. The Morgan fingerprint density at radius 3 is 2.33 bits per heavy atom. The monoisotopic (exact) mass is 253 g/mol. The number of carbonyl (C=O) groups is 2. The van der Waals surface area contributed by atoms with Crippen LogP contribution in [0.25, 0.3) is 0 Å². The summed E-state index contributed by atoms with van der Waals surface area (Å²) in [7, 11) is 0. The number of carboxylic acid groups (broad SMARTS) is 1. The molecular weight excluding hydrogens is 230 g/mol. The van der Waals surface area contributed by atoms with E-state index in [2.05, 4.69) is 12.2 Å². The molecule has 0 unspecified atom stereocenters. The average molecular weight is 253 g/mol. The van der Waals surface area contributed by atoms with Crippen LogP contribution in [0.5, 0.6) is 0 Å². The Bertz CT molecular complexity index is 328. The zero-order valence-corrected chi connectivity index (χ0v) is 11.1. The first-order chi connectivity index (χ1) is 8.54. The molecule has 0 aromatic heterocycles. The first-order valence-corrected chi connectivity index (χ1v) is 7.06. The summed E-state index contributed by atoms with van der Waals surface area (Å²) in [6, 6.07) is 0. The summed E-state index contributed by atoms with van der Waals surface area (Å²) >= 11 is 0. The molecule has 0 aromatic carbocycles. The Morgan fingerprint density at radius 1 is 1.22 bits per heavy atom. The van der Waals surface area contributed by atoms with Crippen LogP contribution in [-0.2, 0) is 9.59 Å². The molecule has 0 atom stereocenters. The molecule has 102 valence electrons. The van der Waals surface area contributed by atoms with Gasteiger partial charge in [-0.25, -0.2) is 0 Å². The molecule has 18 heavy (non-hydrogen) atoms. The zero-order valence-electron chi connectivity index (χ0n) is 11.1. The zero-order chi connectivity index (χ0) is 13.2. The van der Waals surface area contributed by atoms with Crippen LogP contribution >= 0.6 is 0 Å². The van der Waals surface area contributed by atoms with Crippen molar-refractivity contribution >= 4 is 11.9 Å². The van der Waals surface area contributed by atoms with E-state index in [9.17, 15) is 9.59 Å². The Kier molecular flexibility index (Phi) is 3.93. The second kappa shape index (κ2) is 5.29. The molecule has 4 heteroatoms. The molecule has 0 radical (unpaired) electrons. The van der Waals surface area contributed by atoms with Gasteiger partial charge in [0.05, 0.1) is 0 Å². The molecule has 2 N–H and O–H groups in total. The number of nitrogens with one attached hydrogen (secondary N) is 1. The topological polar surface area (TPSA) is 66.4 Å². The molecule has 1 amide bonds. The van der Waals surface area contributed by atoms with Gasteiger partial charge in [-0.05, 0) is 31.1 Å². The van der Waals surface area contributed by atoms with Gasteiger partial charge in [0.2, 0.25) is 5.91 Å². The van der Waals surface area contributed by atoms with Gasteiger partial charge in [0.1, 0.15) is 5.41 Å². The van der Waals surface area contributed by atoms with Crippen LogP contribution in [0.1, 0.15) is 51.9 Å². The number of hydrogen-bond donors (Lipinski definition) is 2. The van der Waals surface area contributed by atoms with E-state index >= 15 is 0 Å². The van der Waals surface area contributed by atoms with Crippen LogP contribution in [0, 0.1) is 17.3 Å². The van der Waals surface area contributed by atoms with Crippen molar-refractivity contribution in [3.63, 3.8) is 0 Å². The number of carbonyl (C=O) groups excluding carboxylic acids is 1. The van der Waals surface area contributed by atoms with Crippen LogP contribution in [0.4, 0.5) is 0 Å². The maximum atomic E-state index is 11.8. The Labute approximate surface area is 108 Å². The van der Waals surface area contributed by atoms with Crippen LogP contribution in [-0.4, -0.2) is 23.5 Å². The van der Waals surface area contributed by atoms with Crippen LogP contribution in [0.3, 0.4) is 0 Å². The second-order valence-electron chi connectivity index (χ2n) is 6.06. The first-order valence-electron chi connectivity index (χ1n) is 7.06. The minimum Gasteiger partial charge on any atom is -0.480 e. The summed E-state index contributed by atoms with van der Waals surface area (Å²) in [6.45, 7) is 2.93. The lowest BCUT2D eigenvalue weighted by Crippen LogP contribution is -2.38. The molecule has 0 spiro atoms. The molecule has 4 nitrogen and oxygen atoms in total. The van der Waals surface area contributed by atoms with E-state index in [1.54, 1.807) is 0 Å². The predicted octanol–water partition coefficient (Wildman–Crippen LogP) is 2.18. The summed E-state index contributed by atoms with van der Waals surface area (Å²) in [4.78, 5) is 22.7. The highest BCUT2D eigenvalue weighted by Gasteiger charge is 2.56. The van der Waals surface area contributed by atoms with E-state index in [4.69, 9.17) is 5.11 Å². The molecule has 0 aromatic rings. The summed E-state index contributed by atoms with van der Waals surface area (Å²) in [5, 5.41) is 11.8. The Balaban J connectivity index is 1.67. The van der Waals surface area contributed by atoms with E-state index in [1.807, 2.05) is 0 Å². The summed E-state index contributed by atoms with van der Waals surface area (Å²) in [5.74, 6) is 0.310. The van der Waals surface area contributed by atoms with Crippen molar-refractivity contribution in [3.05, 3.63) is 0 Å². The molecule has 2 saturated carbocycles. The number of hydrogen-bond acceptors (Lipinski definition) is 2. The molecule has 2 fully saturated rings. The van der Waals surface area contributed by atoms with Crippen molar-refractivity contribution in [1.82, 2.24) is 5.32 Å². The standard InChI is InChI=1S/C14H23NO3/c1-10-2-4-11(5-3-10)6-9-15-12(16)14(7-8-14)13(17)18/h10-11H,2-9H2,1H3,(H,15,16)(H,17,18). The molecule has 0 aliphatic heterocycles. The molecule has 0 saturated heterocycles. The minimum absolute atomic E-state index is 0.279. The van der Waals surface area contributed by atoms with E-state index < -0.39 is 11.4 Å². The maximum Gasteiger partial charge on any atom is 0.319 e. The quantitative estimate of drug-likeness (QED) is 0.738. The van der Waals surface area contributed by atoms with Crippen molar-refractivity contribution in [1.29, 1.82) is 0 Å². The number of aliphatic carboxylic acids is 1. The fourth-order valence-electron chi connectivity index (χ4n) is 2.84. The number of rotatable bonds is 5.